The SMILES string of the molecule is Cc1cc2cc(O)ccc2c2[nH]c3ccccc3c12. The van der Waals surface area contributed by atoms with E-state index in [-0.39, 0.29) is 0 Å². The lowest BCUT2D eigenvalue weighted by atomic mass is 10.0. The summed E-state index contributed by atoms with van der Waals surface area (Å²) < 4.78 is 0. The zero-order chi connectivity index (χ0) is 13.0. The summed E-state index contributed by atoms with van der Waals surface area (Å²) in [5, 5.41) is 14.4. The van der Waals surface area contributed by atoms with E-state index in [4.69, 9.17) is 0 Å². The van der Waals surface area contributed by atoms with Gasteiger partial charge in [0.2, 0.25) is 0 Å². The molecule has 0 saturated heterocycles. The highest BCUT2D eigenvalue weighted by molar-refractivity contribution is 6.18. The molecule has 2 N–H and O–H groups in total. The third-order valence-electron chi connectivity index (χ3n) is 3.78. The summed E-state index contributed by atoms with van der Waals surface area (Å²) in [5.74, 6) is 0.308. The molecule has 0 aliphatic heterocycles. The van der Waals surface area contributed by atoms with Gasteiger partial charge in [-0.1, -0.05) is 24.3 Å². The second-order valence-corrected chi connectivity index (χ2v) is 5.02. The molecule has 2 heteroatoms. The molecule has 92 valence electrons. The van der Waals surface area contributed by atoms with Crippen LogP contribution in [0.3, 0.4) is 0 Å². The molecule has 0 amide bonds. The van der Waals surface area contributed by atoms with E-state index in [9.17, 15) is 5.11 Å². The topological polar surface area (TPSA) is 36.0 Å². The van der Waals surface area contributed by atoms with Crippen molar-refractivity contribution < 1.29 is 5.11 Å². The van der Waals surface area contributed by atoms with Crippen LogP contribution in [0, 0.1) is 6.92 Å². The van der Waals surface area contributed by atoms with Crippen molar-refractivity contribution in [2.45, 2.75) is 6.92 Å². The number of H-pyrrole nitrogens is 1. The quantitative estimate of drug-likeness (QED) is 0.472. The molecule has 3 aromatic carbocycles. The number of phenols is 1. The van der Waals surface area contributed by atoms with Gasteiger partial charge in [-0.2, -0.15) is 0 Å². The molecular formula is C17H13NO. The molecule has 0 atom stereocenters. The standard InChI is InChI=1S/C17H13NO/c1-10-8-11-9-12(19)6-7-13(11)17-16(10)14-4-2-3-5-15(14)18-17/h2-9,18-19H,1H3. The Bertz CT molecular complexity index is 934. The first-order chi connectivity index (χ1) is 9.24. The highest BCUT2D eigenvalue weighted by atomic mass is 16.3. The van der Waals surface area contributed by atoms with Crippen LogP contribution in [0.5, 0.6) is 5.75 Å². The molecule has 0 spiro atoms. The van der Waals surface area contributed by atoms with E-state index in [1.807, 2.05) is 18.2 Å². The lowest BCUT2D eigenvalue weighted by Crippen LogP contribution is -1.80. The number of para-hydroxylation sites is 1. The highest BCUT2D eigenvalue weighted by Crippen LogP contribution is 2.34. The van der Waals surface area contributed by atoms with E-state index in [0.29, 0.717) is 5.75 Å². The van der Waals surface area contributed by atoms with Crippen molar-refractivity contribution in [3.8, 4) is 5.75 Å². The third-order valence-corrected chi connectivity index (χ3v) is 3.78. The van der Waals surface area contributed by atoms with E-state index >= 15 is 0 Å². The summed E-state index contributed by atoms with van der Waals surface area (Å²) in [6.45, 7) is 2.12. The number of phenolic OH excluding ortho intramolecular Hbond substituents is 1. The molecule has 0 aliphatic rings. The van der Waals surface area contributed by atoms with Crippen LogP contribution in [0.25, 0.3) is 32.6 Å². The van der Waals surface area contributed by atoms with E-state index < -0.39 is 0 Å². The molecule has 0 saturated carbocycles. The number of benzene rings is 3. The number of aromatic amines is 1. The average molecular weight is 247 g/mol. The van der Waals surface area contributed by atoms with E-state index in [1.165, 1.54) is 16.3 Å². The summed E-state index contributed by atoms with van der Waals surface area (Å²) in [5.41, 5.74) is 3.53. The Morgan fingerprint density at radius 3 is 2.68 bits per heavy atom. The lowest BCUT2D eigenvalue weighted by Gasteiger charge is -2.04. The number of hydrogen-bond donors (Lipinski definition) is 2. The molecule has 0 bridgehead atoms. The number of fused-ring (bicyclic) bond motifs is 5. The van der Waals surface area contributed by atoms with Crippen molar-refractivity contribution in [2.24, 2.45) is 0 Å². The van der Waals surface area contributed by atoms with Gasteiger partial charge in [-0.25, -0.2) is 0 Å². The molecule has 0 radical (unpaired) electrons. The Morgan fingerprint density at radius 1 is 0.947 bits per heavy atom. The predicted molar refractivity (Wildman–Crippen MR) is 79.7 cm³/mol. The first-order valence-corrected chi connectivity index (χ1v) is 6.37. The fourth-order valence-corrected chi connectivity index (χ4v) is 2.96. The molecule has 2 nitrogen and oxygen atoms in total. The van der Waals surface area contributed by atoms with Crippen LogP contribution in [-0.2, 0) is 0 Å². The zero-order valence-corrected chi connectivity index (χ0v) is 10.6. The first kappa shape index (κ1) is 10.4. The Hall–Kier alpha value is -2.48. The van der Waals surface area contributed by atoms with Crippen LogP contribution in [0.2, 0.25) is 0 Å². The Morgan fingerprint density at radius 2 is 1.79 bits per heavy atom. The Labute approximate surface area is 110 Å². The number of rotatable bonds is 0. The second kappa shape index (κ2) is 3.51. The third kappa shape index (κ3) is 1.37. The lowest BCUT2D eigenvalue weighted by molar-refractivity contribution is 0.476. The zero-order valence-electron chi connectivity index (χ0n) is 10.6. The molecule has 0 fully saturated rings. The van der Waals surface area contributed by atoms with Gasteiger partial charge in [-0.05, 0) is 42.1 Å². The summed E-state index contributed by atoms with van der Waals surface area (Å²) in [7, 11) is 0. The van der Waals surface area contributed by atoms with Gasteiger partial charge >= 0.3 is 0 Å². The minimum absolute atomic E-state index is 0.308. The molecule has 1 aromatic heterocycles. The van der Waals surface area contributed by atoms with Crippen LogP contribution in [0.15, 0.2) is 48.5 Å². The van der Waals surface area contributed by atoms with Crippen molar-refractivity contribution >= 4 is 32.6 Å². The molecule has 0 aliphatic carbocycles. The predicted octanol–water partition coefficient (Wildman–Crippen LogP) is 4.49. The van der Waals surface area contributed by atoms with Crippen LogP contribution >= 0.6 is 0 Å². The number of aromatic hydroxyl groups is 1. The average Bonchev–Trinajstić information content (AvgIpc) is 2.78. The second-order valence-electron chi connectivity index (χ2n) is 5.02. The van der Waals surface area contributed by atoms with Gasteiger partial charge in [0, 0.05) is 21.7 Å². The van der Waals surface area contributed by atoms with Crippen LogP contribution in [0.1, 0.15) is 5.56 Å². The Balaban J connectivity index is 2.33. The monoisotopic (exact) mass is 247 g/mol. The normalized spacial score (nSPS) is 11.6. The fourth-order valence-electron chi connectivity index (χ4n) is 2.96. The summed E-state index contributed by atoms with van der Waals surface area (Å²) in [6, 6.07) is 16.0. The summed E-state index contributed by atoms with van der Waals surface area (Å²) in [4.78, 5) is 3.50. The molecule has 0 unspecified atom stereocenters. The number of aromatic nitrogens is 1. The van der Waals surface area contributed by atoms with E-state index in [0.717, 1.165) is 21.8 Å². The molecule has 4 rings (SSSR count). The maximum atomic E-state index is 9.62. The van der Waals surface area contributed by atoms with Crippen LogP contribution in [-0.4, -0.2) is 10.1 Å². The minimum atomic E-state index is 0.308. The first-order valence-electron chi connectivity index (χ1n) is 6.37. The maximum Gasteiger partial charge on any atom is 0.116 e. The number of aryl methyl sites for hydroxylation is 1. The van der Waals surface area contributed by atoms with Gasteiger partial charge in [0.15, 0.2) is 0 Å². The van der Waals surface area contributed by atoms with Gasteiger partial charge in [0.1, 0.15) is 5.75 Å². The van der Waals surface area contributed by atoms with Crippen molar-refractivity contribution in [1.29, 1.82) is 0 Å². The molecular weight excluding hydrogens is 234 g/mol. The van der Waals surface area contributed by atoms with Crippen molar-refractivity contribution in [3.63, 3.8) is 0 Å². The number of nitrogens with one attached hydrogen (secondary N) is 1. The fraction of sp³-hybridized carbons (Fsp3) is 0.0588. The van der Waals surface area contributed by atoms with Crippen molar-refractivity contribution in [2.75, 3.05) is 0 Å². The number of hydrogen-bond acceptors (Lipinski definition) is 1. The van der Waals surface area contributed by atoms with Gasteiger partial charge < -0.3 is 10.1 Å². The highest BCUT2D eigenvalue weighted by Gasteiger charge is 2.10. The largest absolute Gasteiger partial charge is 0.508 e. The molecule has 19 heavy (non-hydrogen) atoms. The van der Waals surface area contributed by atoms with Crippen LogP contribution in [0.4, 0.5) is 0 Å². The summed E-state index contributed by atoms with van der Waals surface area (Å²) in [6.07, 6.45) is 0. The maximum absolute atomic E-state index is 9.62. The van der Waals surface area contributed by atoms with E-state index in [2.05, 4.69) is 36.2 Å². The van der Waals surface area contributed by atoms with Crippen LogP contribution < -0.4 is 0 Å². The van der Waals surface area contributed by atoms with Gasteiger partial charge in [0.05, 0.1) is 5.52 Å². The smallest absolute Gasteiger partial charge is 0.116 e. The Kier molecular flexibility index (Phi) is 1.93. The van der Waals surface area contributed by atoms with Gasteiger partial charge in [-0.15, -0.1) is 0 Å². The molecule has 4 aromatic rings. The van der Waals surface area contributed by atoms with E-state index in [1.54, 1.807) is 6.07 Å². The molecule has 1 heterocycles. The van der Waals surface area contributed by atoms with Crippen molar-refractivity contribution in [1.82, 2.24) is 4.98 Å². The summed E-state index contributed by atoms with van der Waals surface area (Å²) >= 11 is 0. The van der Waals surface area contributed by atoms with Gasteiger partial charge in [-0.3, -0.25) is 0 Å². The van der Waals surface area contributed by atoms with Crippen molar-refractivity contribution in [3.05, 3.63) is 54.1 Å². The van der Waals surface area contributed by atoms with Gasteiger partial charge in [0.25, 0.3) is 0 Å². The minimum Gasteiger partial charge on any atom is -0.508 e.